The summed E-state index contributed by atoms with van der Waals surface area (Å²) in [5.74, 6) is 0.299. The number of nitrogens with zero attached hydrogens (tertiary/aromatic N) is 3. The van der Waals surface area contributed by atoms with E-state index < -0.39 is 11.7 Å². The lowest BCUT2D eigenvalue weighted by Gasteiger charge is -2.44. The number of ether oxygens (including phenoxy) is 3. The Labute approximate surface area is 204 Å². The predicted octanol–water partition coefficient (Wildman–Crippen LogP) is 5.48. The van der Waals surface area contributed by atoms with Crippen molar-refractivity contribution in [2.24, 2.45) is 0 Å². The molecule has 1 amide bonds. The van der Waals surface area contributed by atoms with Crippen molar-refractivity contribution in [1.82, 2.24) is 15.0 Å². The number of aromatic nitrogens is 2. The summed E-state index contributed by atoms with van der Waals surface area (Å²) < 4.78 is 36.8. The number of amides is 1. The molecule has 4 atom stereocenters. The van der Waals surface area contributed by atoms with Gasteiger partial charge >= 0.3 is 6.09 Å². The zero-order valence-electron chi connectivity index (χ0n) is 20.8. The third-order valence-corrected chi connectivity index (χ3v) is 6.34. The summed E-state index contributed by atoms with van der Waals surface area (Å²) in [6, 6.07) is 4.57. The molecule has 1 aromatic carbocycles. The number of methoxy groups -OCH3 is 1. The van der Waals surface area contributed by atoms with Gasteiger partial charge in [-0.1, -0.05) is 5.16 Å². The van der Waals surface area contributed by atoms with Gasteiger partial charge < -0.3 is 23.6 Å². The van der Waals surface area contributed by atoms with Crippen LogP contribution in [0, 0.1) is 5.82 Å². The Morgan fingerprint density at radius 2 is 2.09 bits per heavy atom. The van der Waals surface area contributed by atoms with Gasteiger partial charge in [-0.25, -0.2) is 9.18 Å². The molecule has 2 aromatic rings. The number of thioether (sulfide) groups is 1. The van der Waals surface area contributed by atoms with Gasteiger partial charge in [0.05, 0.1) is 18.8 Å². The number of piperidine rings is 1. The third kappa shape index (κ3) is 6.49. The van der Waals surface area contributed by atoms with Crippen LogP contribution in [0.25, 0.3) is 11.4 Å². The molecule has 0 bridgehead atoms. The second-order valence-electron chi connectivity index (χ2n) is 9.52. The summed E-state index contributed by atoms with van der Waals surface area (Å²) in [6.45, 7) is 9.74. The van der Waals surface area contributed by atoms with Crippen molar-refractivity contribution in [2.45, 2.75) is 82.2 Å². The van der Waals surface area contributed by atoms with E-state index in [-0.39, 0.29) is 30.1 Å². The summed E-state index contributed by atoms with van der Waals surface area (Å²) >= 11 is 1.34. The number of carbonyl (C=O) groups is 1. The molecule has 3 rings (SSSR count). The first-order valence-electron chi connectivity index (χ1n) is 11.4. The second kappa shape index (κ2) is 11.0. The van der Waals surface area contributed by atoms with Crippen molar-refractivity contribution < 1.29 is 27.9 Å². The Morgan fingerprint density at radius 3 is 2.71 bits per heavy atom. The Kier molecular flexibility index (Phi) is 8.59. The molecule has 188 valence electrons. The Morgan fingerprint density at radius 1 is 1.35 bits per heavy atom. The SMILES string of the molecule is COCC1C[C@@H](O[C@H](C)c2nc(-c3ccc(SC)c(F)c3)no2)CC(C)N1C(=O)OC(C)(C)C. The lowest BCUT2D eigenvalue weighted by atomic mass is 9.94. The number of benzene rings is 1. The molecule has 10 heteroatoms. The first-order chi connectivity index (χ1) is 16.0. The van der Waals surface area contributed by atoms with Crippen LogP contribution in [0.4, 0.5) is 9.18 Å². The Hall–Kier alpha value is -2.17. The average molecular weight is 496 g/mol. The van der Waals surface area contributed by atoms with Crippen molar-refractivity contribution in [3.05, 3.63) is 29.9 Å². The number of hydrogen-bond donors (Lipinski definition) is 0. The smallest absolute Gasteiger partial charge is 0.410 e. The van der Waals surface area contributed by atoms with Gasteiger partial charge in [-0.15, -0.1) is 11.8 Å². The highest BCUT2D eigenvalue weighted by molar-refractivity contribution is 7.98. The van der Waals surface area contributed by atoms with Crippen molar-refractivity contribution in [3.8, 4) is 11.4 Å². The molecule has 1 fully saturated rings. The topological polar surface area (TPSA) is 86.9 Å². The molecule has 0 N–H and O–H groups in total. The van der Waals surface area contributed by atoms with Crippen LogP contribution < -0.4 is 0 Å². The zero-order valence-corrected chi connectivity index (χ0v) is 21.6. The molecule has 1 aliphatic heterocycles. The van der Waals surface area contributed by atoms with E-state index >= 15 is 0 Å². The van der Waals surface area contributed by atoms with Crippen LogP contribution in [-0.4, -0.2) is 64.9 Å². The first kappa shape index (κ1) is 26.4. The molecule has 1 aromatic heterocycles. The minimum atomic E-state index is -0.579. The normalized spacial score (nSPS) is 22.0. The van der Waals surface area contributed by atoms with Gasteiger partial charge in [-0.2, -0.15) is 4.98 Å². The van der Waals surface area contributed by atoms with Crippen molar-refractivity contribution >= 4 is 17.9 Å². The van der Waals surface area contributed by atoms with Crippen LogP contribution in [0.2, 0.25) is 0 Å². The summed E-state index contributed by atoms with van der Waals surface area (Å²) in [6.07, 6.45) is 2.08. The van der Waals surface area contributed by atoms with Gasteiger partial charge in [0.2, 0.25) is 5.82 Å². The largest absolute Gasteiger partial charge is 0.444 e. The minimum absolute atomic E-state index is 0.0999. The number of halogens is 1. The summed E-state index contributed by atoms with van der Waals surface area (Å²) in [7, 11) is 1.61. The highest BCUT2D eigenvalue weighted by atomic mass is 32.2. The Bertz CT molecular complexity index is 980. The molecule has 2 unspecified atom stereocenters. The van der Waals surface area contributed by atoms with Crippen LogP contribution >= 0.6 is 11.8 Å². The maximum atomic E-state index is 14.1. The van der Waals surface area contributed by atoms with E-state index in [9.17, 15) is 9.18 Å². The molecule has 1 aliphatic rings. The lowest BCUT2D eigenvalue weighted by Crippen LogP contribution is -2.55. The molecule has 2 heterocycles. The van der Waals surface area contributed by atoms with Crippen LogP contribution in [0.3, 0.4) is 0 Å². The molecule has 1 saturated heterocycles. The fourth-order valence-electron chi connectivity index (χ4n) is 4.13. The van der Waals surface area contributed by atoms with Gasteiger partial charge in [0.1, 0.15) is 17.5 Å². The highest BCUT2D eigenvalue weighted by Gasteiger charge is 2.39. The van der Waals surface area contributed by atoms with E-state index in [0.717, 1.165) is 0 Å². The number of carbonyl (C=O) groups excluding carboxylic acids is 1. The third-order valence-electron chi connectivity index (χ3n) is 5.57. The number of rotatable bonds is 7. The standard InChI is InChI=1S/C24H34FN3O5S/c1-14-10-18(12-17(13-30-6)28(14)23(29)32-24(3,4)5)31-15(2)22-26-21(27-33-22)16-8-9-20(34-7)19(25)11-16/h8-9,11,14-15,17-18H,10,12-13H2,1-7H3/t14?,15-,17?,18+/m1/s1. The van der Waals surface area contributed by atoms with E-state index in [1.165, 1.54) is 17.8 Å². The summed E-state index contributed by atoms with van der Waals surface area (Å²) in [4.78, 5) is 19.5. The molecule has 34 heavy (non-hydrogen) atoms. The van der Waals surface area contributed by atoms with Crippen molar-refractivity contribution in [2.75, 3.05) is 20.0 Å². The van der Waals surface area contributed by atoms with E-state index in [1.807, 2.05) is 40.9 Å². The van der Waals surface area contributed by atoms with Crippen LogP contribution in [0.1, 0.15) is 59.5 Å². The van der Waals surface area contributed by atoms with Crippen LogP contribution in [0.5, 0.6) is 0 Å². The van der Waals surface area contributed by atoms with Gasteiger partial charge in [0, 0.05) is 23.6 Å². The molecule has 0 aliphatic carbocycles. The van der Waals surface area contributed by atoms with E-state index in [4.69, 9.17) is 18.7 Å². The van der Waals surface area contributed by atoms with Gasteiger partial charge in [0.25, 0.3) is 5.89 Å². The summed E-state index contributed by atoms with van der Waals surface area (Å²) in [5.41, 5.74) is -0.0400. The Balaban J connectivity index is 1.68. The first-order valence-corrected chi connectivity index (χ1v) is 12.6. The van der Waals surface area contributed by atoms with E-state index in [1.54, 1.807) is 24.1 Å². The zero-order chi connectivity index (χ0) is 25.0. The monoisotopic (exact) mass is 495 g/mol. The molecule has 0 spiro atoms. The molecule has 0 radical (unpaired) electrons. The van der Waals surface area contributed by atoms with Crippen LogP contribution in [-0.2, 0) is 14.2 Å². The number of likely N-dealkylation sites (tertiary alicyclic amines) is 1. The molecule has 8 nitrogen and oxygen atoms in total. The number of hydrogen-bond acceptors (Lipinski definition) is 8. The van der Waals surface area contributed by atoms with E-state index in [2.05, 4.69) is 10.1 Å². The average Bonchev–Trinajstić information content (AvgIpc) is 3.23. The van der Waals surface area contributed by atoms with Crippen molar-refractivity contribution in [1.29, 1.82) is 0 Å². The molecular formula is C24H34FN3O5S. The predicted molar refractivity (Wildman–Crippen MR) is 127 cm³/mol. The van der Waals surface area contributed by atoms with Gasteiger partial charge in [0.15, 0.2) is 0 Å². The van der Waals surface area contributed by atoms with Gasteiger partial charge in [-0.3, -0.25) is 0 Å². The fourth-order valence-corrected chi connectivity index (χ4v) is 4.59. The maximum Gasteiger partial charge on any atom is 0.410 e. The second-order valence-corrected chi connectivity index (χ2v) is 10.4. The molecular weight excluding hydrogens is 461 g/mol. The maximum absolute atomic E-state index is 14.1. The van der Waals surface area contributed by atoms with Crippen molar-refractivity contribution in [3.63, 3.8) is 0 Å². The fraction of sp³-hybridized carbons (Fsp3) is 0.625. The minimum Gasteiger partial charge on any atom is -0.444 e. The summed E-state index contributed by atoms with van der Waals surface area (Å²) in [5, 5.41) is 4.00. The van der Waals surface area contributed by atoms with Crippen LogP contribution in [0.15, 0.2) is 27.6 Å². The highest BCUT2D eigenvalue weighted by Crippen LogP contribution is 2.31. The quantitative estimate of drug-likeness (QED) is 0.467. The van der Waals surface area contributed by atoms with Gasteiger partial charge in [-0.05, 0) is 71.9 Å². The molecule has 0 saturated carbocycles. The van der Waals surface area contributed by atoms with E-state index in [0.29, 0.717) is 41.6 Å². The lowest BCUT2D eigenvalue weighted by molar-refractivity contribution is -0.0882.